The van der Waals surface area contributed by atoms with Crippen molar-refractivity contribution in [3.05, 3.63) is 69.8 Å². The van der Waals surface area contributed by atoms with Gasteiger partial charge in [-0.1, -0.05) is 30.3 Å². The number of nitrogens with one attached hydrogen (secondary N) is 1. The highest BCUT2D eigenvalue weighted by atomic mass is 16.6. The summed E-state index contributed by atoms with van der Waals surface area (Å²) in [4.78, 5) is 49.6. The van der Waals surface area contributed by atoms with E-state index in [1.165, 1.54) is 18.2 Å². The summed E-state index contributed by atoms with van der Waals surface area (Å²) in [6, 6.07) is 12.7. The zero-order chi connectivity index (χ0) is 23.3. The van der Waals surface area contributed by atoms with Gasteiger partial charge in [0.05, 0.1) is 18.1 Å². The second-order valence-electron chi connectivity index (χ2n) is 7.39. The maximum Gasteiger partial charge on any atom is 0.343 e. The summed E-state index contributed by atoms with van der Waals surface area (Å²) in [6.07, 6.45) is -0.197. The average Bonchev–Trinajstić information content (AvgIpc) is 2.79. The lowest BCUT2D eigenvalue weighted by Gasteiger charge is -2.39. The third-order valence-corrected chi connectivity index (χ3v) is 5.36. The van der Waals surface area contributed by atoms with Gasteiger partial charge in [-0.2, -0.15) is 0 Å². The van der Waals surface area contributed by atoms with Crippen LogP contribution in [0.4, 0.5) is 11.4 Å². The van der Waals surface area contributed by atoms with E-state index in [-0.39, 0.29) is 37.5 Å². The van der Waals surface area contributed by atoms with Gasteiger partial charge in [-0.15, -0.1) is 0 Å². The van der Waals surface area contributed by atoms with E-state index in [4.69, 9.17) is 9.47 Å². The molecule has 1 atom stereocenters. The van der Waals surface area contributed by atoms with Crippen molar-refractivity contribution in [1.29, 1.82) is 0 Å². The van der Waals surface area contributed by atoms with Gasteiger partial charge in [-0.25, -0.2) is 9.59 Å². The zero-order valence-electron chi connectivity index (χ0n) is 17.8. The summed E-state index contributed by atoms with van der Waals surface area (Å²) >= 11 is 0. The Morgan fingerprint density at radius 2 is 1.69 bits per heavy atom. The molecule has 1 heterocycles. The molecule has 1 aliphatic heterocycles. The van der Waals surface area contributed by atoms with Gasteiger partial charge in [-0.05, 0) is 37.8 Å². The molecule has 0 amide bonds. The number of non-ortho nitro benzene ring substituents is 1. The minimum atomic E-state index is -1.86. The maximum absolute atomic E-state index is 13.0. The summed E-state index contributed by atoms with van der Waals surface area (Å²) in [7, 11) is 0. The van der Waals surface area contributed by atoms with Crippen LogP contribution in [-0.2, 0) is 19.1 Å². The number of hydrogen-bond donors (Lipinski definition) is 1. The molecule has 9 heteroatoms. The number of carbonyl (C=O) groups is 3. The standard InChI is InChI=1S/C23H24N2O7/c1-3-31-21(27)23(22(28)32-4-2)14-16(12-20(26)15-8-6-5-7-9-15)18-13-17(25(29)30)10-11-19(18)24-23/h5-11,13,16,24H,3-4,12,14H2,1-2H3. The minimum Gasteiger partial charge on any atom is -0.464 e. The molecule has 0 radical (unpaired) electrons. The summed E-state index contributed by atoms with van der Waals surface area (Å²) in [5.74, 6) is -2.51. The lowest BCUT2D eigenvalue weighted by molar-refractivity contribution is -0.384. The van der Waals surface area contributed by atoms with Crippen LogP contribution in [-0.4, -0.2) is 41.4 Å². The van der Waals surface area contributed by atoms with Crippen LogP contribution < -0.4 is 5.32 Å². The van der Waals surface area contributed by atoms with Gasteiger partial charge in [0, 0.05) is 29.8 Å². The van der Waals surface area contributed by atoms with E-state index in [0.717, 1.165) is 0 Å². The predicted octanol–water partition coefficient (Wildman–Crippen LogP) is 3.63. The van der Waals surface area contributed by atoms with Crippen molar-refractivity contribution in [1.82, 2.24) is 0 Å². The highest BCUT2D eigenvalue weighted by molar-refractivity contribution is 6.09. The van der Waals surface area contributed by atoms with Gasteiger partial charge < -0.3 is 14.8 Å². The van der Waals surface area contributed by atoms with Gasteiger partial charge in [0.1, 0.15) is 0 Å². The van der Waals surface area contributed by atoms with Crippen molar-refractivity contribution in [2.75, 3.05) is 18.5 Å². The summed E-state index contributed by atoms with van der Waals surface area (Å²) in [5.41, 5.74) is -0.726. The van der Waals surface area contributed by atoms with Crippen molar-refractivity contribution in [2.45, 2.75) is 38.1 Å². The predicted molar refractivity (Wildman–Crippen MR) is 115 cm³/mol. The summed E-state index contributed by atoms with van der Waals surface area (Å²) in [6.45, 7) is 3.32. The molecule has 2 aromatic rings. The highest BCUT2D eigenvalue weighted by Crippen LogP contribution is 2.44. The Hall–Kier alpha value is -3.75. The number of Topliss-reactive ketones (excluding diaryl/α,β-unsaturated/α-hetero) is 1. The quantitative estimate of drug-likeness (QED) is 0.217. The third-order valence-electron chi connectivity index (χ3n) is 5.36. The Bertz CT molecular complexity index is 1020. The fourth-order valence-corrected chi connectivity index (χ4v) is 3.88. The van der Waals surface area contributed by atoms with Gasteiger partial charge in [0.25, 0.3) is 5.69 Å². The molecule has 9 nitrogen and oxygen atoms in total. The molecule has 0 saturated carbocycles. The highest BCUT2D eigenvalue weighted by Gasteiger charge is 2.54. The van der Waals surface area contributed by atoms with Crippen LogP contribution in [0.1, 0.15) is 48.5 Å². The normalized spacial score (nSPS) is 16.2. The number of nitro groups is 1. The smallest absolute Gasteiger partial charge is 0.343 e. The number of carbonyl (C=O) groups excluding carboxylic acids is 3. The molecule has 0 fully saturated rings. The van der Waals surface area contributed by atoms with Gasteiger partial charge in [0.15, 0.2) is 5.78 Å². The number of nitrogens with zero attached hydrogens (tertiary/aromatic N) is 1. The molecule has 1 aliphatic rings. The monoisotopic (exact) mass is 440 g/mol. The van der Waals surface area contributed by atoms with E-state index in [1.807, 2.05) is 0 Å². The van der Waals surface area contributed by atoms with E-state index < -0.39 is 28.3 Å². The number of anilines is 1. The van der Waals surface area contributed by atoms with E-state index >= 15 is 0 Å². The molecular formula is C23H24N2O7. The molecule has 0 saturated heterocycles. The Kier molecular flexibility index (Phi) is 6.87. The topological polar surface area (TPSA) is 125 Å². The first-order chi connectivity index (χ1) is 15.3. The second kappa shape index (κ2) is 9.59. The molecule has 168 valence electrons. The molecule has 0 aliphatic carbocycles. The Morgan fingerprint density at radius 1 is 1.06 bits per heavy atom. The minimum absolute atomic E-state index is 0.0440. The first-order valence-corrected chi connectivity index (χ1v) is 10.3. The summed E-state index contributed by atoms with van der Waals surface area (Å²) in [5, 5.41) is 14.2. The molecule has 1 unspecified atom stereocenters. The molecule has 0 spiro atoms. The van der Waals surface area contributed by atoms with Gasteiger partial charge in [-0.3, -0.25) is 14.9 Å². The van der Waals surface area contributed by atoms with Gasteiger partial charge in [0.2, 0.25) is 5.54 Å². The van der Waals surface area contributed by atoms with Crippen LogP contribution >= 0.6 is 0 Å². The maximum atomic E-state index is 13.0. The van der Waals surface area contributed by atoms with E-state index in [0.29, 0.717) is 16.8 Å². The fraction of sp³-hybridized carbons (Fsp3) is 0.348. The average molecular weight is 440 g/mol. The fourth-order valence-electron chi connectivity index (χ4n) is 3.88. The van der Waals surface area contributed by atoms with Crippen LogP contribution in [0.5, 0.6) is 0 Å². The van der Waals surface area contributed by atoms with Crippen molar-refractivity contribution in [3.63, 3.8) is 0 Å². The lowest BCUT2D eigenvalue weighted by Crippen LogP contribution is -2.58. The third kappa shape index (κ3) is 4.46. The molecule has 32 heavy (non-hydrogen) atoms. The number of esters is 2. The van der Waals surface area contributed by atoms with Crippen molar-refractivity contribution in [2.24, 2.45) is 0 Å². The van der Waals surface area contributed by atoms with E-state index in [9.17, 15) is 24.5 Å². The number of ketones is 1. The van der Waals surface area contributed by atoms with Crippen LogP contribution in [0.15, 0.2) is 48.5 Å². The zero-order valence-corrected chi connectivity index (χ0v) is 17.8. The Labute approximate surface area is 184 Å². The number of benzene rings is 2. The van der Waals surface area contributed by atoms with E-state index in [1.54, 1.807) is 44.2 Å². The van der Waals surface area contributed by atoms with Crippen molar-refractivity contribution < 1.29 is 28.8 Å². The molecule has 3 rings (SSSR count). The molecular weight excluding hydrogens is 416 g/mol. The van der Waals surface area contributed by atoms with Gasteiger partial charge >= 0.3 is 11.9 Å². The largest absolute Gasteiger partial charge is 0.464 e. The number of rotatable bonds is 8. The molecule has 2 aromatic carbocycles. The van der Waals surface area contributed by atoms with Crippen LogP contribution in [0.2, 0.25) is 0 Å². The number of ether oxygens (including phenoxy) is 2. The Morgan fingerprint density at radius 3 is 2.25 bits per heavy atom. The number of fused-ring (bicyclic) bond motifs is 1. The summed E-state index contributed by atoms with van der Waals surface area (Å²) < 4.78 is 10.3. The van der Waals surface area contributed by atoms with Crippen LogP contribution in [0.3, 0.4) is 0 Å². The van der Waals surface area contributed by atoms with Crippen LogP contribution in [0, 0.1) is 10.1 Å². The molecule has 1 N–H and O–H groups in total. The Balaban J connectivity index is 2.08. The first-order valence-electron chi connectivity index (χ1n) is 10.3. The number of nitro benzene ring substituents is 1. The van der Waals surface area contributed by atoms with Crippen molar-refractivity contribution >= 4 is 29.1 Å². The van der Waals surface area contributed by atoms with Crippen molar-refractivity contribution in [3.8, 4) is 0 Å². The molecule has 0 bridgehead atoms. The van der Waals surface area contributed by atoms with Crippen LogP contribution in [0.25, 0.3) is 0 Å². The first kappa shape index (κ1) is 22.9. The van der Waals surface area contributed by atoms with E-state index in [2.05, 4.69) is 5.32 Å². The molecule has 0 aromatic heterocycles. The number of hydrogen-bond acceptors (Lipinski definition) is 8. The SMILES string of the molecule is CCOC(=O)C1(C(=O)OCC)CC(CC(=O)c2ccccc2)c2cc([N+](=O)[O-])ccc2N1. The second-order valence-corrected chi connectivity index (χ2v) is 7.39. The lowest BCUT2D eigenvalue weighted by atomic mass is 9.76.